The van der Waals surface area contributed by atoms with Gasteiger partial charge in [-0.1, -0.05) is 29.3 Å². The summed E-state index contributed by atoms with van der Waals surface area (Å²) in [6.07, 6.45) is 1.42. The molecule has 0 aliphatic carbocycles. The van der Waals surface area contributed by atoms with Gasteiger partial charge in [0.05, 0.1) is 32.7 Å². The number of halogens is 2. The maximum atomic E-state index is 12.3. The molecule has 0 bridgehead atoms. The van der Waals surface area contributed by atoms with E-state index in [-0.39, 0.29) is 5.91 Å². The van der Waals surface area contributed by atoms with E-state index in [2.05, 4.69) is 15.3 Å². The van der Waals surface area contributed by atoms with Crippen molar-refractivity contribution in [3.63, 3.8) is 0 Å². The van der Waals surface area contributed by atoms with Crippen molar-refractivity contribution in [1.82, 2.24) is 9.97 Å². The number of carbonyl (C=O) groups is 1. The molecule has 1 heterocycles. The van der Waals surface area contributed by atoms with E-state index in [4.69, 9.17) is 23.2 Å². The van der Waals surface area contributed by atoms with E-state index in [0.29, 0.717) is 32.7 Å². The molecule has 0 radical (unpaired) electrons. The molecule has 0 saturated carbocycles. The molecule has 0 atom stereocenters. The first-order valence-corrected chi connectivity index (χ1v) is 6.30. The molecule has 2 aromatic rings. The Morgan fingerprint density at radius 1 is 1.11 bits per heavy atom. The average molecular weight is 296 g/mol. The lowest BCUT2D eigenvalue weighted by molar-refractivity contribution is 0.102. The van der Waals surface area contributed by atoms with Gasteiger partial charge in [0.2, 0.25) is 0 Å². The maximum absolute atomic E-state index is 12.3. The topological polar surface area (TPSA) is 54.9 Å². The first kappa shape index (κ1) is 13.8. The Kier molecular flexibility index (Phi) is 4.02. The molecule has 98 valence electrons. The van der Waals surface area contributed by atoms with Crippen LogP contribution in [0.4, 0.5) is 5.69 Å². The number of benzene rings is 1. The first-order valence-electron chi connectivity index (χ1n) is 5.54. The van der Waals surface area contributed by atoms with E-state index < -0.39 is 0 Å². The second kappa shape index (κ2) is 5.55. The molecule has 0 unspecified atom stereocenters. The van der Waals surface area contributed by atoms with Gasteiger partial charge in [-0.2, -0.15) is 0 Å². The van der Waals surface area contributed by atoms with Crippen LogP contribution in [-0.4, -0.2) is 15.9 Å². The average Bonchev–Trinajstić information content (AvgIpc) is 2.34. The van der Waals surface area contributed by atoms with Crippen molar-refractivity contribution < 1.29 is 4.79 Å². The molecule has 1 amide bonds. The summed E-state index contributed by atoms with van der Waals surface area (Å²) < 4.78 is 0. The normalized spacial score (nSPS) is 10.3. The summed E-state index contributed by atoms with van der Waals surface area (Å²) in [6, 6.07) is 5.02. The van der Waals surface area contributed by atoms with Gasteiger partial charge in [0.1, 0.15) is 6.33 Å². The minimum Gasteiger partial charge on any atom is -0.319 e. The molecular weight excluding hydrogens is 285 g/mol. The van der Waals surface area contributed by atoms with Crippen LogP contribution >= 0.6 is 23.2 Å². The minimum atomic E-state index is -0.328. The monoisotopic (exact) mass is 295 g/mol. The fourth-order valence-corrected chi connectivity index (χ4v) is 2.21. The van der Waals surface area contributed by atoms with Crippen LogP contribution in [0.5, 0.6) is 0 Å². The third-order valence-electron chi connectivity index (χ3n) is 2.65. The SMILES string of the molecule is Cc1ncnc(C)c1C(=O)Nc1c(Cl)cccc1Cl. The zero-order valence-corrected chi connectivity index (χ0v) is 11.9. The fraction of sp³-hybridized carbons (Fsp3) is 0.154. The third kappa shape index (κ3) is 2.85. The Bertz CT molecular complexity index is 603. The van der Waals surface area contributed by atoms with Gasteiger partial charge >= 0.3 is 0 Å². The van der Waals surface area contributed by atoms with Crippen molar-refractivity contribution in [2.75, 3.05) is 5.32 Å². The Morgan fingerprint density at radius 3 is 2.16 bits per heavy atom. The van der Waals surface area contributed by atoms with Crippen LogP contribution in [-0.2, 0) is 0 Å². The highest BCUT2D eigenvalue weighted by Gasteiger charge is 2.16. The van der Waals surface area contributed by atoms with Crippen molar-refractivity contribution >= 4 is 34.8 Å². The van der Waals surface area contributed by atoms with Crippen molar-refractivity contribution in [3.8, 4) is 0 Å². The van der Waals surface area contributed by atoms with Crippen molar-refractivity contribution in [2.24, 2.45) is 0 Å². The Morgan fingerprint density at radius 2 is 1.63 bits per heavy atom. The van der Waals surface area contributed by atoms with E-state index >= 15 is 0 Å². The Labute approximate surface area is 120 Å². The van der Waals surface area contributed by atoms with E-state index in [9.17, 15) is 4.79 Å². The molecule has 1 aromatic heterocycles. The number of rotatable bonds is 2. The minimum absolute atomic E-state index is 0.328. The summed E-state index contributed by atoms with van der Waals surface area (Å²) in [5, 5.41) is 3.46. The van der Waals surface area contributed by atoms with Crippen LogP contribution in [0.2, 0.25) is 10.0 Å². The number of aromatic nitrogens is 2. The standard InChI is InChI=1S/C13H11Cl2N3O/c1-7-11(8(2)17-6-16-7)13(19)18-12-9(14)4-3-5-10(12)15/h3-6H,1-2H3,(H,18,19). The molecule has 4 nitrogen and oxygen atoms in total. The zero-order valence-electron chi connectivity index (χ0n) is 10.4. The largest absolute Gasteiger partial charge is 0.319 e. The number of amides is 1. The first-order chi connectivity index (χ1) is 9.00. The number of anilines is 1. The molecule has 0 aliphatic rings. The second-order valence-corrected chi connectivity index (χ2v) is 4.78. The smallest absolute Gasteiger partial charge is 0.259 e. The lowest BCUT2D eigenvalue weighted by Gasteiger charge is -2.11. The Hall–Kier alpha value is -1.65. The van der Waals surface area contributed by atoms with Gasteiger partial charge < -0.3 is 5.32 Å². The lowest BCUT2D eigenvalue weighted by Crippen LogP contribution is -2.17. The highest BCUT2D eigenvalue weighted by molar-refractivity contribution is 6.40. The van der Waals surface area contributed by atoms with Crippen LogP contribution in [0, 0.1) is 13.8 Å². The number of carbonyl (C=O) groups excluding carboxylic acids is 1. The summed E-state index contributed by atoms with van der Waals surface area (Å²) in [5.74, 6) is -0.328. The van der Waals surface area contributed by atoms with Gasteiger partial charge in [-0.3, -0.25) is 4.79 Å². The summed E-state index contributed by atoms with van der Waals surface area (Å²) in [5.41, 5.74) is 2.03. The van der Waals surface area contributed by atoms with Crippen LogP contribution in [0.1, 0.15) is 21.7 Å². The number of nitrogens with one attached hydrogen (secondary N) is 1. The van der Waals surface area contributed by atoms with Gasteiger partial charge in [-0.15, -0.1) is 0 Å². The summed E-state index contributed by atoms with van der Waals surface area (Å²) in [7, 11) is 0. The van der Waals surface area contributed by atoms with E-state index in [1.165, 1.54) is 6.33 Å². The summed E-state index contributed by atoms with van der Waals surface area (Å²) >= 11 is 12.0. The van der Waals surface area contributed by atoms with E-state index in [1.807, 2.05) is 0 Å². The molecule has 19 heavy (non-hydrogen) atoms. The fourth-order valence-electron chi connectivity index (χ4n) is 1.71. The zero-order chi connectivity index (χ0) is 14.0. The highest BCUT2D eigenvalue weighted by Crippen LogP contribution is 2.30. The molecule has 2 rings (SSSR count). The number of hydrogen-bond donors (Lipinski definition) is 1. The summed E-state index contributed by atoms with van der Waals surface area (Å²) in [6.45, 7) is 3.50. The van der Waals surface area contributed by atoms with Gasteiger partial charge in [0, 0.05) is 0 Å². The molecule has 0 aliphatic heterocycles. The van der Waals surface area contributed by atoms with Gasteiger partial charge in [-0.25, -0.2) is 9.97 Å². The van der Waals surface area contributed by atoms with Crippen molar-refractivity contribution in [3.05, 3.63) is 51.5 Å². The van der Waals surface area contributed by atoms with Crippen LogP contribution in [0.3, 0.4) is 0 Å². The number of nitrogens with zero attached hydrogens (tertiary/aromatic N) is 2. The van der Waals surface area contributed by atoms with Crippen LogP contribution in [0.15, 0.2) is 24.5 Å². The molecular formula is C13H11Cl2N3O. The molecule has 1 N–H and O–H groups in total. The van der Waals surface area contributed by atoms with Gasteiger partial charge in [0.15, 0.2) is 0 Å². The van der Waals surface area contributed by atoms with E-state index in [0.717, 1.165) is 0 Å². The van der Waals surface area contributed by atoms with Gasteiger partial charge in [0.25, 0.3) is 5.91 Å². The molecule has 1 aromatic carbocycles. The number of para-hydroxylation sites is 1. The predicted molar refractivity (Wildman–Crippen MR) is 75.9 cm³/mol. The number of hydrogen-bond acceptors (Lipinski definition) is 3. The van der Waals surface area contributed by atoms with Crippen LogP contribution in [0.25, 0.3) is 0 Å². The molecule has 0 spiro atoms. The highest BCUT2D eigenvalue weighted by atomic mass is 35.5. The van der Waals surface area contributed by atoms with Crippen molar-refractivity contribution in [1.29, 1.82) is 0 Å². The quantitative estimate of drug-likeness (QED) is 0.920. The second-order valence-electron chi connectivity index (χ2n) is 3.97. The maximum Gasteiger partial charge on any atom is 0.259 e. The van der Waals surface area contributed by atoms with Gasteiger partial charge in [-0.05, 0) is 26.0 Å². The number of aryl methyl sites for hydroxylation is 2. The Balaban J connectivity index is 2.37. The molecule has 0 saturated heterocycles. The van der Waals surface area contributed by atoms with Crippen molar-refractivity contribution in [2.45, 2.75) is 13.8 Å². The predicted octanol–water partition coefficient (Wildman–Crippen LogP) is 3.65. The lowest BCUT2D eigenvalue weighted by atomic mass is 10.1. The molecule has 6 heteroatoms. The van der Waals surface area contributed by atoms with E-state index in [1.54, 1.807) is 32.0 Å². The summed E-state index contributed by atoms with van der Waals surface area (Å²) in [4.78, 5) is 20.3. The van der Waals surface area contributed by atoms with Crippen LogP contribution < -0.4 is 5.32 Å². The molecule has 0 fully saturated rings. The third-order valence-corrected chi connectivity index (χ3v) is 3.28.